The van der Waals surface area contributed by atoms with Gasteiger partial charge in [0.1, 0.15) is 0 Å². The van der Waals surface area contributed by atoms with Crippen molar-refractivity contribution in [3.05, 3.63) is 0 Å². The third-order valence-corrected chi connectivity index (χ3v) is 4.39. The first kappa shape index (κ1) is 18.6. The van der Waals surface area contributed by atoms with Crippen molar-refractivity contribution in [2.75, 3.05) is 25.4 Å². The van der Waals surface area contributed by atoms with Crippen molar-refractivity contribution in [2.24, 2.45) is 0 Å². The number of hydrogen-bond donors (Lipinski definition) is 3. The van der Waals surface area contributed by atoms with Gasteiger partial charge in [0.25, 0.3) is 0 Å². The van der Waals surface area contributed by atoms with Gasteiger partial charge in [-0.15, -0.1) is 12.4 Å². The molecular formula is C11H24ClN3O3S. The smallest absolute Gasteiger partial charge is 0.237 e. The van der Waals surface area contributed by atoms with Gasteiger partial charge >= 0.3 is 0 Å². The van der Waals surface area contributed by atoms with E-state index in [-0.39, 0.29) is 30.1 Å². The quantitative estimate of drug-likeness (QED) is 0.577. The number of carbonyl (C=O) groups is 1. The van der Waals surface area contributed by atoms with Crippen molar-refractivity contribution in [1.82, 2.24) is 15.4 Å². The molecule has 0 aliphatic carbocycles. The molecule has 0 aromatic heterocycles. The highest BCUT2D eigenvalue weighted by Gasteiger charge is 2.19. The maximum Gasteiger partial charge on any atom is 0.237 e. The number of hydrogen-bond acceptors (Lipinski definition) is 4. The monoisotopic (exact) mass is 313 g/mol. The summed E-state index contributed by atoms with van der Waals surface area (Å²) in [7, 11) is -3.12. The number of nitrogens with one attached hydrogen (secondary N) is 3. The molecule has 1 fully saturated rings. The van der Waals surface area contributed by atoms with Crippen LogP contribution in [0.2, 0.25) is 0 Å². The molecule has 1 aliphatic heterocycles. The highest BCUT2D eigenvalue weighted by atomic mass is 35.5. The summed E-state index contributed by atoms with van der Waals surface area (Å²) in [5.41, 5.74) is 0. The number of rotatable bonds is 7. The first-order valence-electron chi connectivity index (χ1n) is 6.53. The highest BCUT2D eigenvalue weighted by Crippen LogP contribution is 2.06. The maximum absolute atomic E-state index is 11.7. The molecule has 1 heterocycles. The van der Waals surface area contributed by atoms with Crippen LogP contribution in [0.3, 0.4) is 0 Å². The molecule has 1 unspecified atom stereocenters. The summed E-state index contributed by atoms with van der Waals surface area (Å²) in [5.74, 6) is 0.110. The zero-order valence-electron chi connectivity index (χ0n) is 11.3. The minimum Gasteiger partial charge on any atom is -0.355 e. The molecule has 0 aromatic carbocycles. The van der Waals surface area contributed by atoms with Crippen molar-refractivity contribution in [2.45, 2.75) is 38.6 Å². The summed E-state index contributed by atoms with van der Waals surface area (Å²) in [6.45, 7) is 3.37. The third kappa shape index (κ3) is 7.71. The fraction of sp³-hybridized carbons (Fsp3) is 0.909. The molecule has 0 aromatic rings. The predicted molar refractivity (Wildman–Crippen MR) is 78.0 cm³/mol. The molecule has 0 spiro atoms. The van der Waals surface area contributed by atoms with Gasteiger partial charge in [-0.25, -0.2) is 13.1 Å². The Labute approximate surface area is 121 Å². The Bertz CT molecular complexity index is 356. The van der Waals surface area contributed by atoms with E-state index in [1.165, 1.54) is 0 Å². The van der Waals surface area contributed by atoms with E-state index in [1.54, 1.807) is 6.92 Å². The van der Waals surface area contributed by atoms with Gasteiger partial charge in [-0.3, -0.25) is 4.79 Å². The summed E-state index contributed by atoms with van der Waals surface area (Å²) in [6, 6.07) is -0.0777. The largest absolute Gasteiger partial charge is 0.355 e. The fourth-order valence-corrected chi connectivity index (χ4v) is 2.49. The standard InChI is InChI=1S/C11H23N3O3S.ClH/c1-2-18(16,17)14-9-5-8-13-11(15)10-6-3-4-7-12-10;/h10,12,14H,2-9H2,1H3,(H,13,15);1H. The van der Waals surface area contributed by atoms with E-state index in [4.69, 9.17) is 0 Å². The molecule has 1 rings (SSSR count). The van der Waals surface area contributed by atoms with Crippen molar-refractivity contribution < 1.29 is 13.2 Å². The third-order valence-electron chi connectivity index (χ3n) is 2.98. The minimum absolute atomic E-state index is 0. The Morgan fingerprint density at radius 2 is 2.05 bits per heavy atom. The van der Waals surface area contributed by atoms with Crippen LogP contribution in [0, 0.1) is 0 Å². The second-order valence-electron chi connectivity index (χ2n) is 4.44. The lowest BCUT2D eigenvalue weighted by Gasteiger charge is -2.22. The highest BCUT2D eigenvalue weighted by molar-refractivity contribution is 7.89. The number of carbonyl (C=O) groups excluding carboxylic acids is 1. The molecular weight excluding hydrogens is 290 g/mol. The van der Waals surface area contributed by atoms with E-state index in [2.05, 4.69) is 15.4 Å². The molecule has 3 N–H and O–H groups in total. The maximum atomic E-state index is 11.7. The Hall–Kier alpha value is -0.370. The lowest BCUT2D eigenvalue weighted by molar-refractivity contribution is -0.123. The van der Waals surface area contributed by atoms with Gasteiger partial charge < -0.3 is 10.6 Å². The molecule has 0 saturated carbocycles. The first-order valence-corrected chi connectivity index (χ1v) is 8.19. The van der Waals surface area contributed by atoms with Gasteiger partial charge in [0, 0.05) is 13.1 Å². The van der Waals surface area contributed by atoms with Crippen LogP contribution in [-0.2, 0) is 14.8 Å². The van der Waals surface area contributed by atoms with Gasteiger partial charge in [0.05, 0.1) is 11.8 Å². The van der Waals surface area contributed by atoms with E-state index in [1.807, 2.05) is 0 Å². The number of amides is 1. The Kier molecular flexibility index (Phi) is 9.34. The van der Waals surface area contributed by atoms with Gasteiger partial charge in [-0.05, 0) is 32.7 Å². The van der Waals surface area contributed by atoms with E-state index in [0.717, 1.165) is 25.8 Å². The van der Waals surface area contributed by atoms with Crippen molar-refractivity contribution >= 4 is 28.3 Å². The number of sulfonamides is 1. The first-order chi connectivity index (χ1) is 8.55. The van der Waals surface area contributed by atoms with Crippen LogP contribution >= 0.6 is 12.4 Å². The van der Waals surface area contributed by atoms with Crippen LogP contribution in [0.15, 0.2) is 0 Å². The van der Waals surface area contributed by atoms with Crippen LogP contribution in [0.25, 0.3) is 0 Å². The van der Waals surface area contributed by atoms with Gasteiger partial charge in [-0.1, -0.05) is 6.42 Å². The van der Waals surface area contributed by atoms with E-state index in [9.17, 15) is 13.2 Å². The molecule has 1 atom stereocenters. The molecule has 0 bridgehead atoms. The summed E-state index contributed by atoms with van der Waals surface area (Å²) in [6.07, 6.45) is 3.70. The summed E-state index contributed by atoms with van der Waals surface area (Å²) in [5, 5.41) is 5.99. The Morgan fingerprint density at radius 3 is 2.63 bits per heavy atom. The Morgan fingerprint density at radius 1 is 1.32 bits per heavy atom. The summed E-state index contributed by atoms with van der Waals surface area (Å²) < 4.78 is 24.7. The lowest BCUT2D eigenvalue weighted by Crippen LogP contribution is -2.47. The van der Waals surface area contributed by atoms with Crippen molar-refractivity contribution in [3.63, 3.8) is 0 Å². The average Bonchev–Trinajstić information content (AvgIpc) is 2.39. The normalized spacial score (nSPS) is 19.5. The molecule has 1 amide bonds. The van der Waals surface area contributed by atoms with Gasteiger partial charge in [0.15, 0.2) is 0 Å². The zero-order chi connectivity index (χ0) is 13.4. The molecule has 1 saturated heterocycles. The summed E-state index contributed by atoms with van der Waals surface area (Å²) >= 11 is 0. The number of halogens is 1. The van der Waals surface area contributed by atoms with Crippen LogP contribution in [-0.4, -0.2) is 45.8 Å². The van der Waals surface area contributed by atoms with Crippen molar-refractivity contribution in [1.29, 1.82) is 0 Å². The van der Waals surface area contributed by atoms with Gasteiger partial charge in [0.2, 0.25) is 15.9 Å². The van der Waals surface area contributed by atoms with Gasteiger partial charge in [-0.2, -0.15) is 0 Å². The van der Waals surface area contributed by atoms with Crippen molar-refractivity contribution in [3.8, 4) is 0 Å². The lowest BCUT2D eigenvalue weighted by atomic mass is 10.0. The molecule has 19 heavy (non-hydrogen) atoms. The van der Waals surface area contributed by atoms with E-state index in [0.29, 0.717) is 19.5 Å². The topological polar surface area (TPSA) is 87.3 Å². The molecule has 114 valence electrons. The average molecular weight is 314 g/mol. The SMILES string of the molecule is CCS(=O)(=O)NCCCNC(=O)C1CCCCN1.Cl. The molecule has 0 radical (unpaired) electrons. The fourth-order valence-electron chi connectivity index (χ4n) is 1.83. The van der Waals surface area contributed by atoms with Crippen LogP contribution in [0.5, 0.6) is 0 Å². The predicted octanol–water partition coefficient (Wildman–Crippen LogP) is -0.00410. The van der Waals surface area contributed by atoms with Crippen LogP contribution in [0.4, 0.5) is 0 Å². The summed E-state index contributed by atoms with van der Waals surface area (Å²) in [4.78, 5) is 11.7. The number of piperidine rings is 1. The Balaban J connectivity index is 0.00000324. The van der Waals surface area contributed by atoms with E-state index < -0.39 is 10.0 Å². The van der Waals surface area contributed by atoms with Crippen LogP contribution < -0.4 is 15.4 Å². The van der Waals surface area contributed by atoms with Crippen LogP contribution in [0.1, 0.15) is 32.6 Å². The second-order valence-corrected chi connectivity index (χ2v) is 6.54. The second kappa shape index (κ2) is 9.52. The van der Waals surface area contributed by atoms with E-state index >= 15 is 0 Å². The zero-order valence-corrected chi connectivity index (χ0v) is 12.9. The minimum atomic E-state index is -3.12. The molecule has 1 aliphatic rings. The molecule has 6 nitrogen and oxygen atoms in total. The molecule has 8 heteroatoms.